The number of likely N-dealkylation sites (N-methyl/N-ethyl adjacent to an activating group) is 1. The van der Waals surface area contributed by atoms with Gasteiger partial charge in [-0.05, 0) is 36.4 Å². The van der Waals surface area contributed by atoms with E-state index in [9.17, 15) is 9.59 Å². The second-order valence-electron chi connectivity index (χ2n) is 8.47. The zero-order valence-corrected chi connectivity index (χ0v) is 17.3. The molecule has 1 aromatic heterocycles. The number of aromatic nitrogens is 2. The van der Waals surface area contributed by atoms with Gasteiger partial charge in [0, 0.05) is 38.4 Å². The minimum absolute atomic E-state index is 0.0517. The molecule has 0 bridgehead atoms. The molecule has 1 spiro atoms. The Balaban J connectivity index is 1.38. The second kappa shape index (κ2) is 6.95. The number of aryl methyl sites for hydroxylation is 1. The molecule has 2 aromatic carbocycles. The lowest BCUT2D eigenvalue weighted by molar-refractivity contribution is -0.123. The van der Waals surface area contributed by atoms with Gasteiger partial charge in [-0.1, -0.05) is 30.3 Å². The average molecular weight is 403 g/mol. The summed E-state index contributed by atoms with van der Waals surface area (Å²) in [7, 11) is 3.84. The fourth-order valence-corrected chi connectivity index (χ4v) is 4.72. The zero-order chi connectivity index (χ0) is 20.9. The number of amides is 2. The molecular weight excluding hydrogens is 378 g/mol. The van der Waals surface area contributed by atoms with E-state index in [0.717, 1.165) is 22.9 Å². The molecule has 3 aromatic rings. The van der Waals surface area contributed by atoms with Crippen LogP contribution in [0.3, 0.4) is 0 Å². The van der Waals surface area contributed by atoms with Crippen LogP contribution in [0.25, 0.3) is 10.8 Å². The average Bonchev–Trinajstić information content (AvgIpc) is 3.37. The van der Waals surface area contributed by atoms with Crippen LogP contribution < -0.4 is 4.90 Å². The molecular formula is C23H25N5O2. The zero-order valence-electron chi connectivity index (χ0n) is 17.3. The number of rotatable bonds is 2. The molecule has 3 heterocycles. The third-order valence-corrected chi connectivity index (χ3v) is 6.55. The molecule has 7 heteroatoms. The molecule has 0 radical (unpaired) electrons. The van der Waals surface area contributed by atoms with Gasteiger partial charge in [-0.3, -0.25) is 19.2 Å². The molecule has 1 atom stereocenters. The fraction of sp³-hybridized carbons (Fsp3) is 0.348. The number of anilines is 1. The van der Waals surface area contributed by atoms with Crippen LogP contribution in [0.5, 0.6) is 0 Å². The molecule has 2 aliphatic rings. The van der Waals surface area contributed by atoms with Gasteiger partial charge in [0.25, 0.3) is 5.91 Å². The maximum atomic E-state index is 13.3. The summed E-state index contributed by atoms with van der Waals surface area (Å²) >= 11 is 0. The lowest BCUT2D eigenvalue weighted by Gasteiger charge is -2.46. The van der Waals surface area contributed by atoms with E-state index in [1.165, 1.54) is 0 Å². The lowest BCUT2D eigenvalue weighted by atomic mass is 9.93. The molecule has 0 saturated carbocycles. The number of hydrogen-bond acceptors (Lipinski definition) is 4. The number of hydrogen-bond donors (Lipinski definition) is 0. The molecule has 2 saturated heterocycles. The van der Waals surface area contributed by atoms with Crippen molar-refractivity contribution in [3.8, 4) is 0 Å². The van der Waals surface area contributed by atoms with Crippen LogP contribution in [0.1, 0.15) is 16.8 Å². The first-order valence-electron chi connectivity index (χ1n) is 10.2. The molecule has 0 N–H and O–H groups in total. The first-order chi connectivity index (χ1) is 14.4. The molecule has 2 fully saturated rings. The van der Waals surface area contributed by atoms with Crippen molar-refractivity contribution in [2.45, 2.75) is 12.0 Å². The molecule has 7 nitrogen and oxygen atoms in total. The normalized spacial score (nSPS) is 22.4. The van der Waals surface area contributed by atoms with Crippen LogP contribution in [-0.4, -0.2) is 70.2 Å². The highest BCUT2D eigenvalue weighted by Crippen LogP contribution is 2.34. The number of carbonyl (C=O) groups excluding carboxylic acids is 2. The Morgan fingerprint density at radius 2 is 1.87 bits per heavy atom. The van der Waals surface area contributed by atoms with Crippen molar-refractivity contribution in [3.05, 3.63) is 60.4 Å². The van der Waals surface area contributed by atoms with Crippen LogP contribution in [0.4, 0.5) is 5.69 Å². The van der Waals surface area contributed by atoms with Crippen molar-refractivity contribution in [2.75, 3.05) is 38.1 Å². The number of piperazine rings is 1. The third-order valence-electron chi connectivity index (χ3n) is 6.55. The smallest absolute Gasteiger partial charge is 0.253 e. The van der Waals surface area contributed by atoms with E-state index in [4.69, 9.17) is 0 Å². The van der Waals surface area contributed by atoms with E-state index in [2.05, 4.69) is 16.1 Å². The fourth-order valence-electron chi connectivity index (χ4n) is 4.72. The predicted octanol–water partition coefficient (Wildman–Crippen LogP) is 2.14. The summed E-state index contributed by atoms with van der Waals surface area (Å²) in [6, 6.07) is 14.0. The number of benzene rings is 2. The monoisotopic (exact) mass is 403 g/mol. The maximum Gasteiger partial charge on any atom is 0.253 e. The van der Waals surface area contributed by atoms with Crippen molar-refractivity contribution < 1.29 is 9.59 Å². The topological polar surface area (TPSA) is 61.7 Å². The SMILES string of the molecule is CN1CC(=O)N(c2cnn(C)c2)C[C@]12CCN(C(=O)c1ccc3ccccc3c1)C2. The summed E-state index contributed by atoms with van der Waals surface area (Å²) in [6.07, 6.45) is 4.43. The van der Waals surface area contributed by atoms with E-state index >= 15 is 0 Å². The Morgan fingerprint density at radius 3 is 2.63 bits per heavy atom. The summed E-state index contributed by atoms with van der Waals surface area (Å²) in [4.78, 5) is 31.8. The third kappa shape index (κ3) is 3.06. The second-order valence-corrected chi connectivity index (χ2v) is 8.47. The summed E-state index contributed by atoms with van der Waals surface area (Å²) in [6.45, 7) is 2.20. The Labute approximate surface area is 175 Å². The molecule has 30 heavy (non-hydrogen) atoms. The van der Waals surface area contributed by atoms with E-state index in [-0.39, 0.29) is 17.4 Å². The minimum Gasteiger partial charge on any atom is -0.337 e. The van der Waals surface area contributed by atoms with Gasteiger partial charge in [-0.25, -0.2) is 0 Å². The molecule has 154 valence electrons. The Kier molecular flexibility index (Phi) is 4.36. The Morgan fingerprint density at radius 1 is 1.07 bits per heavy atom. The van der Waals surface area contributed by atoms with Gasteiger partial charge in [0.05, 0.1) is 24.0 Å². The van der Waals surface area contributed by atoms with Gasteiger partial charge < -0.3 is 9.80 Å². The van der Waals surface area contributed by atoms with E-state index in [0.29, 0.717) is 31.7 Å². The first-order valence-corrected chi connectivity index (χ1v) is 10.2. The van der Waals surface area contributed by atoms with E-state index in [1.807, 2.05) is 66.5 Å². The number of nitrogens with zero attached hydrogens (tertiary/aromatic N) is 5. The molecule has 0 unspecified atom stereocenters. The molecule has 2 amide bonds. The highest BCUT2D eigenvalue weighted by Gasteiger charge is 2.48. The van der Waals surface area contributed by atoms with Gasteiger partial charge in [0.1, 0.15) is 0 Å². The highest BCUT2D eigenvalue weighted by atomic mass is 16.2. The van der Waals surface area contributed by atoms with Gasteiger partial charge in [0.2, 0.25) is 5.91 Å². The Hall–Kier alpha value is -3.19. The summed E-state index contributed by atoms with van der Waals surface area (Å²) < 4.78 is 1.71. The standard InChI is InChI=1S/C23H25N5O2/c1-25-14-21(29)28(20-12-24-26(2)13-20)16-23(25)9-10-27(15-23)22(30)19-8-7-17-5-3-4-6-18(17)11-19/h3-8,11-13H,9-10,14-16H2,1-2H3/t23-/m1/s1. The quantitative estimate of drug-likeness (QED) is 0.658. The predicted molar refractivity (Wildman–Crippen MR) is 115 cm³/mol. The largest absolute Gasteiger partial charge is 0.337 e. The van der Waals surface area contributed by atoms with Crippen molar-refractivity contribution in [3.63, 3.8) is 0 Å². The number of fused-ring (bicyclic) bond motifs is 1. The first kappa shape index (κ1) is 18.8. The van der Waals surface area contributed by atoms with Gasteiger partial charge in [0.15, 0.2) is 0 Å². The van der Waals surface area contributed by atoms with Crippen LogP contribution in [0.15, 0.2) is 54.9 Å². The molecule has 0 aliphatic carbocycles. The van der Waals surface area contributed by atoms with Crippen molar-refractivity contribution in [2.24, 2.45) is 7.05 Å². The van der Waals surface area contributed by atoms with Crippen LogP contribution >= 0.6 is 0 Å². The summed E-state index contributed by atoms with van der Waals surface area (Å²) in [5, 5.41) is 6.41. The lowest BCUT2D eigenvalue weighted by Crippen LogP contribution is -2.64. The van der Waals surface area contributed by atoms with Crippen molar-refractivity contribution in [1.82, 2.24) is 19.6 Å². The van der Waals surface area contributed by atoms with E-state index < -0.39 is 0 Å². The van der Waals surface area contributed by atoms with Gasteiger partial charge >= 0.3 is 0 Å². The van der Waals surface area contributed by atoms with Gasteiger partial charge in [-0.2, -0.15) is 5.10 Å². The molecule has 5 rings (SSSR count). The number of likely N-dealkylation sites (tertiary alicyclic amines) is 1. The number of carbonyl (C=O) groups is 2. The van der Waals surface area contributed by atoms with Crippen LogP contribution in [-0.2, 0) is 11.8 Å². The summed E-state index contributed by atoms with van der Waals surface area (Å²) in [5.74, 6) is 0.117. The van der Waals surface area contributed by atoms with Crippen molar-refractivity contribution >= 4 is 28.3 Å². The Bertz CT molecular complexity index is 1140. The highest BCUT2D eigenvalue weighted by molar-refractivity contribution is 5.99. The van der Waals surface area contributed by atoms with Gasteiger partial charge in [-0.15, -0.1) is 0 Å². The van der Waals surface area contributed by atoms with Crippen LogP contribution in [0, 0.1) is 0 Å². The maximum absolute atomic E-state index is 13.3. The molecule has 2 aliphatic heterocycles. The minimum atomic E-state index is -0.240. The van der Waals surface area contributed by atoms with Crippen molar-refractivity contribution in [1.29, 1.82) is 0 Å². The van der Waals surface area contributed by atoms with E-state index in [1.54, 1.807) is 10.9 Å². The summed E-state index contributed by atoms with van der Waals surface area (Å²) in [5.41, 5.74) is 1.29. The van der Waals surface area contributed by atoms with Crippen LogP contribution in [0.2, 0.25) is 0 Å².